The van der Waals surface area contributed by atoms with E-state index in [2.05, 4.69) is 4.90 Å². The van der Waals surface area contributed by atoms with Crippen LogP contribution in [-0.2, 0) is 9.59 Å². The minimum atomic E-state index is 0.116. The van der Waals surface area contributed by atoms with Crippen molar-refractivity contribution in [2.45, 2.75) is 20.3 Å². The van der Waals surface area contributed by atoms with E-state index in [1.54, 1.807) is 6.92 Å². The van der Waals surface area contributed by atoms with Crippen molar-refractivity contribution in [2.24, 2.45) is 0 Å². The summed E-state index contributed by atoms with van der Waals surface area (Å²) in [5.74, 6) is 0.234. The maximum Gasteiger partial charge on any atom is 0.241 e. The van der Waals surface area contributed by atoms with Crippen molar-refractivity contribution in [3.05, 3.63) is 30.3 Å². The average molecular weight is 303 g/mol. The number of benzene rings is 1. The second-order valence-electron chi connectivity index (χ2n) is 5.61. The quantitative estimate of drug-likeness (QED) is 0.848. The number of nitrogens with zero attached hydrogens (tertiary/aromatic N) is 3. The van der Waals surface area contributed by atoms with Crippen LogP contribution in [0.2, 0.25) is 0 Å². The van der Waals surface area contributed by atoms with Crippen molar-refractivity contribution in [2.75, 3.05) is 44.2 Å². The largest absolute Gasteiger partial charge is 0.342 e. The van der Waals surface area contributed by atoms with Gasteiger partial charge in [-0.2, -0.15) is 0 Å². The molecular weight excluding hydrogens is 278 g/mol. The lowest BCUT2D eigenvalue weighted by molar-refractivity contribution is -0.128. The van der Waals surface area contributed by atoms with Gasteiger partial charge in [-0.3, -0.25) is 14.5 Å². The number of anilines is 1. The van der Waals surface area contributed by atoms with Gasteiger partial charge in [0.15, 0.2) is 0 Å². The highest BCUT2D eigenvalue weighted by Gasteiger charge is 2.21. The topological polar surface area (TPSA) is 43.9 Å². The fourth-order valence-corrected chi connectivity index (χ4v) is 2.83. The maximum atomic E-state index is 12.6. The molecule has 1 aromatic rings. The van der Waals surface area contributed by atoms with Gasteiger partial charge in [-0.25, -0.2) is 0 Å². The summed E-state index contributed by atoms with van der Waals surface area (Å²) in [6.45, 7) is 7.79. The molecule has 0 aliphatic carbocycles. The van der Waals surface area contributed by atoms with E-state index in [1.807, 2.05) is 47.1 Å². The second kappa shape index (κ2) is 7.94. The van der Waals surface area contributed by atoms with E-state index in [1.165, 1.54) is 0 Å². The van der Waals surface area contributed by atoms with Gasteiger partial charge >= 0.3 is 0 Å². The van der Waals surface area contributed by atoms with Crippen molar-refractivity contribution in [1.82, 2.24) is 9.80 Å². The molecule has 5 heteroatoms. The molecule has 0 saturated carbocycles. The first-order chi connectivity index (χ1) is 10.6. The summed E-state index contributed by atoms with van der Waals surface area (Å²) in [5.41, 5.74) is 0.940. The highest BCUT2D eigenvalue weighted by Crippen LogP contribution is 2.14. The van der Waals surface area contributed by atoms with E-state index >= 15 is 0 Å². The van der Waals surface area contributed by atoms with E-state index in [0.29, 0.717) is 19.6 Å². The number of rotatable bonds is 4. The Labute approximate surface area is 132 Å². The highest BCUT2D eigenvalue weighted by molar-refractivity contribution is 5.94. The molecule has 0 spiro atoms. The van der Waals surface area contributed by atoms with Crippen molar-refractivity contribution >= 4 is 17.5 Å². The molecule has 1 aromatic carbocycles. The normalized spacial score (nSPS) is 16.2. The van der Waals surface area contributed by atoms with Crippen LogP contribution in [0.5, 0.6) is 0 Å². The lowest BCUT2D eigenvalue weighted by atomic mass is 10.2. The van der Waals surface area contributed by atoms with Gasteiger partial charge in [0.2, 0.25) is 11.8 Å². The minimum absolute atomic E-state index is 0.116. The summed E-state index contributed by atoms with van der Waals surface area (Å²) in [4.78, 5) is 29.8. The Balaban J connectivity index is 1.94. The van der Waals surface area contributed by atoms with Crippen LogP contribution >= 0.6 is 0 Å². The summed E-state index contributed by atoms with van der Waals surface area (Å²) in [6, 6.07) is 9.76. The summed E-state index contributed by atoms with van der Waals surface area (Å²) in [7, 11) is 0. The zero-order chi connectivity index (χ0) is 15.9. The molecule has 1 aliphatic rings. The van der Waals surface area contributed by atoms with Crippen molar-refractivity contribution in [3.63, 3.8) is 0 Å². The van der Waals surface area contributed by atoms with Crippen LogP contribution in [0.25, 0.3) is 0 Å². The molecule has 22 heavy (non-hydrogen) atoms. The van der Waals surface area contributed by atoms with Gasteiger partial charge in [0, 0.05) is 45.3 Å². The molecule has 2 rings (SSSR count). The summed E-state index contributed by atoms with van der Waals surface area (Å²) < 4.78 is 0. The van der Waals surface area contributed by atoms with Crippen LogP contribution in [0, 0.1) is 0 Å². The number of amides is 2. The molecule has 0 N–H and O–H groups in total. The lowest BCUT2D eigenvalue weighted by Gasteiger charge is -2.26. The Morgan fingerprint density at radius 3 is 2.45 bits per heavy atom. The standard InChI is InChI=1S/C17H25N3O2/c1-3-20(16-8-5-4-6-9-16)17(22)14-18-10-7-11-19(13-12-18)15(2)21/h4-6,8-9H,3,7,10-14H2,1-2H3. The molecule has 1 saturated heterocycles. The monoisotopic (exact) mass is 303 g/mol. The molecule has 0 aromatic heterocycles. The molecule has 2 amide bonds. The molecular formula is C17H25N3O2. The van der Waals surface area contributed by atoms with Crippen LogP contribution < -0.4 is 4.90 Å². The zero-order valence-corrected chi connectivity index (χ0v) is 13.5. The molecule has 0 atom stereocenters. The van der Waals surface area contributed by atoms with Crippen LogP contribution in [0.1, 0.15) is 20.3 Å². The highest BCUT2D eigenvalue weighted by atomic mass is 16.2. The average Bonchev–Trinajstić information content (AvgIpc) is 2.75. The van der Waals surface area contributed by atoms with Gasteiger partial charge < -0.3 is 9.80 Å². The third-order valence-electron chi connectivity index (χ3n) is 4.08. The van der Waals surface area contributed by atoms with E-state index < -0.39 is 0 Å². The number of hydrogen-bond acceptors (Lipinski definition) is 3. The first-order valence-corrected chi connectivity index (χ1v) is 7.95. The van der Waals surface area contributed by atoms with Crippen molar-refractivity contribution in [1.29, 1.82) is 0 Å². The van der Waals surface area contributed by atoms with Crippen molar-refractivity contribution in [3.8, 4) is 0 Å². The molecule has 5 nitrogen and oxygen atoms in total. The fourth-order valence-electron chi connectivity index (χ4n) is 2.83. The van der Waals surface area contributed by atoms with Crippen LogP contribution in [0.15, 0.2) is 30.3 Å². The van der Waals surface area contributed by atoms with Crippen LogP contribution in [-0.4, -0.2) is 60.9 Å². The van der Waals surface area contributed by atoms with Crippen LogP contribution in [0.3, 0.4) is 0 Å². The molecule has 0 bridgehead atoms. The van der Waals surface area contributed by atoms with E-state index in [-0.39, 0.29) is 11.8 Å². The fraction of sp³-hybridized carbons (Fsp3) is 0.529. The summed E-state index contributed by atoms with van der Waals surface area (Å²) in [6.07, 6.45) is 0.921. The van der Waals surface area contributed by atoms with Gasteiger partial charge in [-0.05, 0) is 25.5 Å². The van der Waals surface area contributed by atoms with Gasteiger partial charge in [0.05, 0.1) is 6.54 Å². The molecule has 1 aliphatic heterocycles. The Kier molecular flexibility index (Phi) is 5.95. The second-order valence-corrected chi connectivity index (χ2v) is 5.61. The van der Waals surface area contributed by atoms with Crippen LogP contribution in [0.4, 0.5) is 5.69 Å². The maximum absolute atomic E-state index is 12.6. The Bertz CT molecular complexity index is 504. The smallest absolute Gasteiger partial charge is 0.241 e. The Hall–Kier alpha value is -1.88. The number of likely N-dealkylation sites (N-methyl/N-ethyl adjacent to an activating group) is 1. The van der Waals surface area contributed by atoms with Gasteiger partial charge in [-0.15, -0.1) is 0 Å². The number of para-hydroxylation sites is 1. The molecule has 1 heterocycles. The first-order valence-electron chi connectivity index (χ1n) is 7.95. The van der Waals surface area contributed by atoms with E-state index in [9.17, 15) is 9.59 Å². The zero-order valence-electron chi connectivity index (χ0n) is 13.5. The molecule has 120 valence electrons. The predicted molar refractivity (Wildman–Crippen MR) is 87.8 cm³/mol. The number of hydrogen-bond donors (Lipinski definition) is 0. The Morgan fingerprint density at radius 1 is 1.09 bits per heavy atom. The van der Waals surface area contributed by atoms with Gasteiger partial charge in [0.1, 0.15) is 0 Å². The minimum Gasteiger partial charge on any atom is -0.342 e. The molecule has 1 fully saturated rings. The van der Waals surface area contributed by atoms with Gasteiger partial charge in [0.25, 0.3) is 0 Å². The lowest BCUT2D eigenvalue weighted by Crippen LogP contribution is -2.42. The van der Waals surface area contributed by atoms with E-state index in [4.69, 9.17) is 0 Å². The van der Waals surface area contributed by atoms with E-state index in [0.717, 1.165) is 31.7 Å². The third kappa shape index (κ3) is 4.31. The SMILES string of the molecule is CCN(C(=O)CN1CCCN(C(C)=O)CC1)c1ccccc1. The number of carbonyl (C=O) groups excluding carboxylic acids is 2. The van der Waals surface area contributed by atoms with Gasteiger partial charge in [-0.1, -0.05) is 18.2 Å². The third-order valence-corrected chi connectivity index (χ3v) is 4.08. The molecule has 0 radical (unpaired) electrons. The number of carbonyl (C=O) groups is 2. The molecule has 0 unspecified atom stereocenters. The Morgan fingerprint density at radius 2 is 1.82 bits per heavy atom. The summed E-state index contributed by atoms with van der Waals surface area (Å²) >= 11 is 0. The summed E-state index contributed by atoms with van der Waals surface area (Å²) in [5, 5.41) is 0. The first kappa shape index (κ1) is 16.5. The van der Waals surface area contributed by atoms with Crippen molar-refractivity contribution < 1.29 is 9.59 Å². The predicted octanol–water partition coefficient (Wildman–Crippen LogP) is 1.59.